The maximum atomic E-state index is 11.6. The highest BCUT2D eigenvalue weighted by Gasteiger charge is 2.19. The minimum Gasteiger partial charge on any atom is -0.354 e. The zero-order valence-electron chi connectivity index (χ0n) is 14.1. The molecule has 0 aromatic carbocycles. The first-order valence-electron chi connectivity index (χ1n) is 8.30. The van der Waals surface area contributed by atoms with Gasteiger partial charge in [0.05, 0.1) is 0 Å². The van der Waals surface area contributed by atoms with E-state index < -0.39 is 0 Å². The van der Waals surface area contributed by atoms with Crippen molar-refractivity contribution in [3.05, 3.63) is 27.7 Å². The largest absolute Gasteiger partial charge is 0.354 e. The van der Waals surface area contributed by atoms with Crippen LogP contribution in [0.5, 0.6) is 0 Å². The van der Waals surface area contributed by atoms with Crippen LogP contribution in [0.2, 0.25) is 5.28 Å². The van der Waals surface area contributed by atoms with Gasteiger partial charge in [-0.05, 0) is 35.9 Å². The van der Waals surface area contributed by atoms with Crippen molar-refractivity contribution in [1.29, 1.82) is 0 Å². The Hall–Kier alpha value is -1.93. The molecule has 3 rings (SSSR count). The third-order valence-corrected chi connectivity index (χ3v) is 5.16. The summed E-state index contributed by atoms with van der Waals surface area (Å²) in [6.07, 6.45) is 1.79. The van der Waals surface area contributed by atoms with Crippen LogP contribution in [-0.2, 0) is 11.2 Å². The first kappa shape index (κ1) is 17.9. The van der Waals surface area contributed by atoms with Crippen molar-refractivity contribution in [2.24, 2.45) is 0 Å². The number of carbonyl (C=O) groups is 1. The van der Waals surface area contributed by atoms with Gasteiger partial charge >= 0.3 is 0 Å². The average Bonchev–Trinajstić information content (AvgIpc) is 2.96. The number of thiophene rings is 1. The van der Waals surface area contributed by atoms with Gasteiger partial charge in [0.25, 0.3) is 0 Å². The Labute approximate surface area is 156 Å². The fourth-order valence-corrected chi connectivity index (χ4v) is 3.61. The molecule has 3 heterocycles. The zero-order chi connectivity index (χ0) is 17.6. The van der Waals surface area contributed by atoms with E-state index in [1.165, 1.54) is 4.88 Å². The van der Waals surface area contributed by atoms with Crippen molar-refractivity contribution >= 4 is 40.7 Å². The normalized spacial score (nSPS) is 15.1. The number of hydrogen-bond acceptors (Lipinski definition) is 7. The molecular weight excluding hydrogens is 360 g/mol. The molecule has 1 aliphatic rings. The van der Waals surface area contributed by atoms with Gasteiger partial charge in [-0.25, -0.2) is 0 Å². The number of carbonyl (C=O) groups excluding carboxylic acids is 1. The maximum Gasteiger partial charge on any atom is 0.231 e. The molecule has 1 fully saturated rings. The zero-order valence-corrected chi connectivity index (χ0v) is 15.7. The Bertz CT molecular complexity index is 711. The van der Waals surface area contributed by atoms with E-state index in [-0.39, 0.29) is 11.2 Å². The number of anilines is 2. The average molecular weight is 381 g/mol. The van der Waals surface area contributed by atoms with E-state index in [9.17, 15) is 4.79 Å². The SMILES string of the molecule is CC(=O)N1CCCN(c2nc(Cl)nc(NCCc3cccs3)n2)CC1. The molecule has 1 amide bonds. The summed E-state index contributed by atoms with van der Waals surface area (Å²) in [6.45, 7) is 5.24. The van der Waals surface area contributed by atoms with Crippen LogP contribution in [-0.4, -0.2) is 58.5 Å². The summed E-state index contributed by atoms with van der Waals surface area (Å²) >= 11 is 7.81. The molecule has 25 heavy (non-hydrogen) atoms. The number of rotatable bonds is 5. The summed E-state index contributed by atoms with van der Waals surface area (Å²) in [5, 5.41) is 5.46. The van der Waals surface area contributed by atoms with E-state index in [1.54, 1.807) is 18.3 Å². The predicted molar refractivity (Wildman–Crippen MR) is 100 cm³/mol. The summed E-state index contributed by atoms with van der Waals surface area (Å²) < 4.78 is 0. The van der Waals surface area contributed by atoms with Gasteiger partial charge in [-0.2, -0.15) is 15.0 Å². The molecule has 1 N–H and O–H groups in total. The van der Waals surface area contributed by atoms with E-state index >= 15 is 0 Å². The summed E-state index contributed by atoms with van der Waals surface area (Å²) in [5.74, 6) is 1.15. The molecule has 0 spiro atoms. The lowest BCUT2D eigenvalue weighted by atomic mass is 10.3. The first-order valence-corrected chi connectivity index (χ1v) is 9.56. The number of nitrogens with zero attached hydrogens (tertiary/aromatic N) is 5. The number of amides is 1. The lowest BCUT2D eigenvalue weighted by Crippen LogP contribution is -2.34. The van der Waals surface area contributed by atoms with Gasteiger partial charge in [-0.15, -0.1) is 11.3 Å². The molecule has 134 valence electrons. The van der Waals surface area contributed by atoms with Gasteiger partial charge in [-0.3, -0.25) is 4.79 Å². The van der Waals surface area contributed by atoms with Gasteiger partial charge in [0, 0.05) is 44.5 Å². The number of aromatic nitrogens is 3. The van der Waals surface area contributed by atoms with Crippen molar-refractivity contribution in [2.45, 2.75) is 19.8 Å². The summed E-state index contributed by atoms with van der Waals surface area (Å²) in [4.78, 5) is 29.7. The second-order valence-electron chi connectivity index (χ2n) is 5.83. The fraction of sp³-hybridized carbons (Fsp3) is 0.500. The van der Waals surface area contributed by atoms with Crippen molar-refractivity contribution in [3.63, 3.8) is 0 Å². The topological polar surface area (TPSA) is 74.2 Å². The Morgan fingerprint density at radius 1 is 1.28 bits per heavy atom. The van der Waals surface area contributed by atoms with Gasteiger partial charge in [-0.1, -0.05) is 6.07 Å². The van der Waals surface area contributed by atoms with Crippen molar-refractivity contribution in [1.82, 2.24) is 19.9 Å². The Kier molecular flexibility index (Phi) is 6.04. The molecule has 1 aliphatic heterocycles. The molecule has 7 nitrogen and oxygen atoms in total. The van der Waals surface area contributed by atoms with Gasteiger partial charge in [0.15, 0.2) is 0 Å². The summed E-state index contributed by atoms with van der Waals surface area (Å²) in [5.41, 5.74) is 0. The summed E-state index contributed by atoms with van der Waals surface area (Å²) in [7, 11) is 0. The van der Waals surface area contributed by atoms with Crippen molar-refractivity contribution in [3.8, 4) is 0 Å². The van der Waals surface area contributed by atoms with Gasteiger partial charge < -0.3 is 15.1 Å². The Morgan fingerprint density at radius 2 is 2.16 bits per heavy atom. The third kappa shape index (κ3) is 5.02. The van der Waals surface area contributed by atoms with Crippen LogP contribution in [0.3, 0.4) is 0 Å². The minimum absolute atomic E-state index is 0.103. The van der Waals surface area contributed by atoms with Crippen LogP contribution in [0.1, 0.15) is 18.2 Å². The molecule has 9 heteroatoms. The summed E-state index contributed by atoms with van der Waals surface area (Å²) in [6, 6.07) is 4.15. The lowest BCUT2D eigenvalue weighted by Gasteiger charge is -2.21. The van der Waals surface area contributed by atoms with Crippen molar-refractivity contribution < 1.29 is 4.79 Å². The second-order valence-corrected chi connectivity index (χ2v) is 7.20. The van der Waals surface area contributed by atoms with Gasteiger partial charge in [0.1, 0.15) is 0 Å². The monoisotopic (exact) mass is 380 g/mol. The standard InChI is InChI=1S/C16H21ClN6OS/c1-12(24)22-7-3-8-23(10-9-22)16-20-14(17)19-15(21-16)18-6-5-13-4-2-11-25-13/h2,4,11H,3,5-10H2,1H3,(H,18,19,20,21). The van der Waals surface area contributed by atoms with Crippen molar-refractivity contribution in [2.75, 3.05) is 42.9 Å². The smallest absolute Gasteiger partial charge is 0.231 e. The maximum absolute atomic E-state index is 11.6. The first-order chi connectivity index (χ1) is 12.1. The fourth-order valence-electron chi connectivity index (χ4n) is 2.74. The van der Waals surface area contributed by atoms with Gasteiger partial charge in [0.2, 0.25) is 23.1 Å². The van der Waals surface area contributed by atoms with Crippen LogP contribution in [0.25, 0.3) is 0 Å². The second kappa shape index (κ2) is 8.44. The quantitative estimate of drug-likeness (QED) is 0.857. The molecule has 2 aromatic rings. The molecule has 0 aliphatic carbocycles. The highest BCUT2D eigenvalue weighted by Crippen LogP contribution is 2.16. The number of hydrogen-bond donors (Lipinski definition) is 1. The molecule has 2 aromatic heterocycles. The van der Waals surface area contributed by atoms with E-state index in [1.807, 2.05) is 11.0 Å². The van der Waals surface area contributed by atoms with E-state index in [2.05, 4.69) is 36.6 Å². The number of nitrogens with one attached hydrogen (secondary N) is 1. The molecule has 1 saturated heterocycles. The highest BCUT2D eigenvalue weighted by atomic mass is 35.5. The molecule has 0 saturated carbocycles. The number of halogens is 1. The lowest BCUT2D eigenvalue weighted by molar-refractivity contribution is -0.128. The van der Waals surface area contributed by atoms with Crippen LogP contribution < -0.4 is 10.2 Å². The predicted octanol–water partition coefficient (Wildman–Crippen LogP) is 2.30. The molecular formula is C16H21ClN6OS. The third-order valence-electron chi connectivity index (χ3n) is 4.06. The van der Waals surface area contributed by atoms with Crippen LogP contribution in [0.4, 0.5) is 11.9 Å². The molecule has 0 unspecified atom stereocenters. The molecule has 0 atom stereocenters. The van der Waals surface area contributed by atoms with Crippen LogP contribution in [0, 0.1) is 0 Å². The highest BCUT2D eigenvalue weighted by molar-refractivity contribution is 7.09. The minimum atomic E-state index is 0.103. The Morgan fingerprint density at radius 3 is 2.92 bits per heavy atom. The van der Waals surface area contributed by atoms with E-state index in [0.717, 1.165) is 32.5 Å². The Balaban J connectivity index is 1.63. The molecule has 0 radical (unpaired) electrons. The van der Waals surface area contributed by atoms with Crippen LogP contribution in [0.15, 0.2) is 17.5 Å². The van der Waals surface area contributed by atoms with E-state index in [4.69, 9.17) is 11.6 Å². The molecule has 0 bridgehead atoms. The van der Waals surface area contributed by atoms with Crippen LogP contribution >= 0.6 is 22.9 Å². The van der Waals surface area contributed by atoms with E-state index in [0.29, 0.717) is 25.0 Å².